The standard InChI is InChI=1S/C29H33NO12S/c1-15-11-22(37-6)13-24(23(15)12-20-7-9-21(10-8-20)30(35)36)42-29-28(41-19(5)34)27(40-18(4)33)26(39-17(3)32)25(43-29)14-38-16(2)31/h7-11,13,25-29H,12,14H2,1-6H3/t25-,26-,27+,28-,29-/m1/s1. The molecule has 0 unspecified atom stereocenters. The van der Waals surface area contributed by atoms with Crippen molar-refractivity contribution in [3.63, 3.8) is 0 Å². The molecule has 0 amide bonds. The van der Waals surface area contributed by atoms with Crippen LogP contribution in [0.25, 0.3) is 0 Å². The number of carbonyl (C=O) groups is 4. The van der Waals surface area contributed by atoms with Gasteiger partial charge in [0, 0.05) is 57.9 Å². The molecule has 1 aliphatic rings. The monoisotopic (exact) mass is 619 g/mol. The van der Waals surface area contributed by atoms with Crippen LogP contribution >= 0.6 is 11.8 Å². The quantitative estimate of drug-likeness (QED) is 0.155. The van der Waals surface area contributed by atoms with Gasteiger partial charge in [-0.15, -0.1) is 11.8 Å². The Hall–Kier alpha value is -4.33. The Labute approximate surface area is 252 Å². The van der Waals surface area contributed by atoms with E-state index in [2.05, 4.69) is 0 Å². The van der Waals surface area contributed by atoms with Crippen molar-refractivity contribution in [1.29, 1.82) is 0 Å². The lowest BCUT2D eigenvalue weighted by atomic mass is 9.98. The molecule has 3 rings (SSSR count). The second-order valence-electron chi connectivity index (χ2n) is 9.71. The Morgan fingerprint density at radius 3 is 1.98 bits per heavy atom. The molecule has 1 heterocycles. The number of carbonyl (C=O) groups excluding carboxylic acids is 4. The number of methoxy groups -OCH3 is 1. The maximum absolute atomic E-state index is 12.2. The van der Waals surface area contributed by atoms with E-state index in [0.717, 1.165) is 29.8 Å². The normalized spacial score (nSPS) is 21.2. The van der Waals surface area contributed by atoms with Crippen molar-refractivity contribution >= 4 is 41.3 Å². The van der Waals surface area contributed by atoms with Crippen LogP contribution in [0.4, 0.5) is 5.69 Å². The molecule has 2 aromatic rings. The van der Waals surface area contributed by atoms with E-state index < -0.39 is 57.8 Å². The van der Waals surface area contributed by atoms with E-state index >= 15 is 0 Å². The summed E-state index contributed by atoms with van der Waals surface area (Å²) in [5.74, 6) is -1.90. The van der Waals surface area contributed by atoms with Gasteiger partial charge in [-0.2, -0.15) is 0 Å². The van der Waals surface area contributed by atoms with Crippen molar-refractivity contribution in [3.8, 4) is 11.5 Å². The number of aryl methyl sites for hydroxylation is 1. The first-order chi connectivity index (χ1) is 20.3. The second-order valence-corrected chi connectivity index (χ2v) is 11.0. The number of nitro benzene ring substituents is 1. The van der Waals surface area contributed by atoms with Crippen LogP contribution in [0, 0.1) is 17.0 Å². The van der Waals surface area contributed by atoms with E-state index in [1.54, 1.807) is 24.3 Å². The van der Waals surface area contributed by atoms with Gasteiger partial charge in [-0.25, -0.2) is 0 Å². The topological polar surface area (TPSA) is 167 Å². The number of rotatable bonds is 11. The fourth-order valence-corrected chi connectivity index (χ4v) is 5.93. The zero-order valence-electron chi connectivity index (χ0n) is 24.5. The third-order valence-corrected chi connectivity index (χ3v) is 7.75. The predicted molar refractivity (Wildman–Crippen MR) is 153 cm³/mol. The summed E-state index contributed by atoms with van der Waals surface area (Å²) in [6.07, 6.45) is -3.38. The molecule has 0 aromatic heterocycles. The lowest BCUT2D eigenvalue weighted by molar-refractivity contribution is -0.384. The third kappa shape index (κ3) is 9.08. The van der Waals surface area contributed by atoms with Crippen molar-refractivity contribution < 1.29 is 52.5 Å². The van der Waals surface area contributed by atoms with Crippen LogP contribution in [0.1, 0.15) is 44.4 Å². The van der Waals surface area contributed by atoms with E-state index in [1.165, 1.54) is 40.0 Å². The van der Waals surface area contributed by atoms with E-state index in [9.17, 15) is 29.3 Å². The van der Waals surface area contributed by atoms with E-state index in [1.807, 2.05) is 6.92 Å². The van der Waals surface area contributed by atoms with Gasteiger partial charge in [-0.3, -0.25) is 29.3 Å². The minimum atomic E-state index is -1.30. The van der Waals surface area contributed by atoms with Gasteiger partial charge >= 0.3 is 23.9 Å². The van der Waals surface area contributed by atoms with Gasteiger partial charge in [-0.05, 0) is 24.1 Å². The number of nitrogens with zero attached hydrogens (tertiary/aromatic N) is 1. The Bertz CT molecular complexity index is 1360. The Balaban J connectivity index is 2.09. The number of benzene rings is 2. The Morgan fingerprint density at radius 2 is 1.44 bits per heavy atom. The maximum Gasteiger partial charge on any atom is 0.303 e. The first-order valence-electron chi connectivity index (χ1n) is 13.2. The molecule has 43 heavy (non-hydrogen) atoms. The highest BCUT2D eigenvalue weighted by atomic mass is 32.2. The summed E-state index contributed by atoms with van der Waals surface area (Å²) in [5.41, 5.74) is 1.16. The highest BCUT2D eigenvalue weighted by molar-refractivity contribution is 8.00. The molecule has 0 N–H and O–H groups in total. The summed E-state index contributed by atoms with van der Waals surface area (Å²) >= 11 is 1.08. The van der Waals surface area contributed by atoms with Crippen LogP contribution in [-0.2, 0) is 44.5 Å². The molecule has 232 valence electrons. The number of thioether (sulfide) groups is 1. The summed E-state index contributed by atoms with van der Waals surface area (Å²) < 4.78 is 33.8. The zero-order chi connectivity index (χ0) is 31.8. The lowest BCUT2D eigenvalue weighted by Crippen LogP contribution is -2.59. The molecule has 1 aliphatic heterocycles. The molecule has 2 aromatic carbocycles. The average molecular weight is 620 g/mol. The van der Waals surface area contributed by atoms with E-state index in [4.69, 9.17) is 28.4 Å². The van der Waals surface area contributed by atoms with Gasteiger partial charge in [0.2, 0.25) is 0 Å². The summed E-state index contributed by atoms with van der Waals surface area (Å²) in [6.45, 7) is 6.34. The molecule has 0 spiro atoms. The number of ether oxygens (including phenoxy) is 6. The van der Waals surface area contributed by atoms with Crippen molar-refractivity contribution in [2.45, 2.75) is 70.0 Å². The minimum absolute atomic E-state index is 0.0489. The van der Waals surface area contributed by atoms with Gasteiger partial charge < -0.3 is 28.4 Å². The first-order valence-corrected chi connectivity index (χ1v) is 14.1. The van der Waals surface area contributed by atoms with Crippen LogP contribution in [0.3, 0.4) is 0 Å². The van der Waals surface area contributed by atoms with Crippen LogP contribution in [0.2, 0.25) is 0 Å². The van der Waals surface area contributed by atoms with Crippen LogP contribution < -0.4 is 9.47 Å². The van der Waals surface area contributed by atoms with Crippen molar-refractivity contribution in [3.05, 3.63) is 63.2 Å². The van der Waals surface area contributed by atoms with Crippen molar-refractivity contribution in [2.75, 3.05) is 13.7 Å². The lowest BCUT2D eigenvalue weighted by Gasteiger charge is -2.43. The molecule has 5 atom stereocenters. The number of non-ortho nitro benzene ring substituents is 1. The fourth-order valence-electron chi connectivity index (χ4n) is 4.55. The average Bonchev–Trinajstić information content (AvgIpc) is 2.92. The van der Waals surface area contributed by atoms with E-state index in [0.29, 0.717) is 23.5 Å². The van der Waals surface area contributed by atoms with Gasteiger partial charge in [0.05, 0.1) is 17.3 Å². The molecule has 1 fully saturated rings. The highest BCUT2D eigenvalue weighted by Gasteiger charge is 2.53. The second kappa shape index (κ2) is 14.7. The van der Waals surface area contributed by atoms with Crippen LogP contribution in [0.5, 0.6) is 11.5 Å². The molecule has 0 bridgehead atoms. The highest BCUT2D eigenvalue weighted by Crippen LogP contribution is 2.41. The van der Waals surface area contributed by atoms with Gasteiger partial charge in [0.25, 0.3) is 5.69 Å². The molecular weight excluding hydrogens is 586 g/mol. The number of nitro groups is 1. The van der Waals surface area contributed by atoms with E-state index in [-0.39, 0.29) is 12.3 Å². The SMILES string of the molecule is COc1cc(C)c(Cc2ccc([N+](=O)[O-])cc2)c(O[C@@H]2S[C@H](COC(C)=O)[C@@H](OC(C)=O)[C@H](OC(C)=O)[C@H]2OC(C)=O)c1. The third-order valence-electron chi connectivity index (χ3n) is 6.36. The maximum atomic E-state index is 12.2. The summed E-state index contributed by atoms with van der Waals surface area (Å²) in [4.78, 5) is 58.7. The Morgan fingerprint density at radius 1 is 0.860 bits per heavy atom. The summed E-state index contributed by atoms with van der Waals surface area (Å²) in [6, 6.07) is 9.52. The van der Waals surface area contributed by atoms with Crippen molar-refractivity contribution in [2.24, 2.45) is 0 Å². The molecule has 14 heteroatoms. The number of hydrogen-bond donors (Lipinski definition) is 0. The molecule has 0 aliphatic carbocycles. The smallest absolute Gasteiger partial charge is 0.303 e. The largest absolute Gasteiger partial charge is 0.497 e. The number of esters is 4. The molecule has 13 nitrogen and oxygen atoms in total. The van der Waals surface area contributed by atoms with Crippen LogP contribution in [0.15, 0.2) is 36.4 Å². The minimum Gasteiger partial charge on any atom is -0.497 e. The predicted octanol–water partition coefficient (Wildman–Crippen LogP) is 3.68. The molecule has 1 saturated heterocycles. The number of hydrogen-bond acceptors (Lipinski definition) is 13. The van der Waals surface area contributed by atoms with Gasteiger partial charge in [0.1, 0.15) is 18.1 Å². The van der Waals surface area contributed by atoms with Gasteiger partial charge in [-0.1, -0.05) is 12.1 Å². The summed E-state index contributed by atoms with van der Waals surface area (Å²) in [7, 11) is 1.49. The fraction of sp³-hybridized carbons (Fsp3) is 0.448. The van der Waals surface area contributed by atoms with Crippen molar-refractivity contribution in [1.82, 2.24) is 0 Å². The Kier molecular flexibility index (Phi) is 11.4. The molecule has 0 radical (unpaired) electrons. The first kappa shape index (κ1) is 33.2. The van der Waals surface area contributed by atoms with Crippen LogP contribution in [-0.4, -0.2) is 71.5 Å². The van der Waals surface area contributed by atoms with Gasteiger partial charge in [0.15, 0.2) is 23.7 Å². The zero-order valence-corrected chi connectivity index (χ0v) is 25.3. The summed E-state index contributed by atoms with van der Waals surface area (Å²) in [5, 5.41) is 10.3. The molecular formula is C29H33NO12S. The molecule has 0 saturated carbocycles.